The summed E-state index contributed by atoms with van der Waals surface area (Å²) in [7, 11) is 2.17. The molecule has 2 heterocycles. The molecule has 118 valence electrons. The van der Waals surface area contributed by atoms with Crippen molar-refractivity contribution in [1.29, 1.82) is 0 Å². The van der Waals surface area contributed by atoms with E-state index in [-0.39, 0.29) is 5.63 Å². The van der Waals surface area contributed by atoms with Crippen LogP contribution in [0, 0.1) is 0 Å². The number of fused-ring (bicyclic) bond motifs is 1. The second-order valence-electron chi connectivity index (χ2n) is 6.21. The number of aryl methyl sites for hydroxylation is 1. The molecule has 0 atom stereocenters. The molecule has 4 nitrogen and oxygen atoms in total. The number of benzene rings is 1. The van der Waals surface area contributed by atoms with Gasteiger partial charge in [-0.25, -0.2) is 4.79 Å². The van der Waals surface area contributed by atoms with Crippen molar-refractivity contribution in [1.82, 2.24) is 9.80 Å². The Balaban J connectivity index is 1.91. The fourth-order valence-electron chi connectivity index (χ4n) is 3.12. The van der Waals surface area contributed by atoms with Crippen LogP contribution in [-0.4, -0.2) is 43.0 Å². The summed E-state index contributed by atoms with van der Waals surface area (Å²) in [6.45, 7) is 7.29. The molecule has 0 aliphatic carbocycles. The van der Waals surface area contributed by atoms with Crippen molar-refractivity contribution in [3.05, 3.63) is 45.8 Å². The van der Waals surface area contributed by atoms with E-state index in [0.29, 0.717) is 5.58 Å². The summed E-state index contributed by atoms with van der Waals surface area (Å²) < 4.78 is 5.39. The van der Waals surface area contributed by atoms with Crippen LogP contribution in [0.25, 0.3) is 11.0 Å². The van der Waals surface area contributed by atoms with Gasteiger partial charge in [-0.15, -0.1) is 0 Å². The Kier molecular flexibility index (Phi) is 4.60. The first-order chi connectivity index (χ1) is 10.7. The van der Waals surface area contributed by atoms with Crippen LogP contribution >= 0.6 is 0 Å². The molecule has 3 rings (SSSR count). The summed E-state index contributed by atoms with van der Waals surface area (Å²) in [6.07, 6.45) is 2.12. The van der Waals surface area contributed by atoms with E-state index >= 15 is 0 Å². The van der Waals surface area contributed by atoms with Gasteiger partial charge in [0.2, 0.25) is 0 Å². The highest BCUT2D eigenvalue weighted by atomic mass is 16.4. The smallest absolute Gasteiger partial charge is 0.336 e. The lowest BCUT2D eigenvalue weighted by atomic mass is 10.1. The van der Waals surface area contributed by atoms with Crippen LogP contribution in [-0.2, 0) is 13.0 Å². The molecule has 1 fully saturated rings. The molecule has 1 aliphatic heterocycles. The average molecular weight is 300 g/mol. The predicted octanol–water partition coefficient (Wildman–Crippen LogP) is 2.49. The maximum Gasteiger partial charge on any atom is 0.336 e. The number of hydrogen-bond donors (Lipinski definition) is 0. The molecule has 1 saturated heterocycles. The highest BCUT2D eigenvalue weighted by Crippen LogP contribution is 2.21. The molecule has 0 radical (unpaired) electrons. The summed E-state index contributed by atoms with van der Waals surface area (Å²) in [5, 5.41) is 1.06. The predicted molar refractivity (Wildman–Crippen MR) is 89.3 cm³/mol. The molecule has 1 aromatic heterocycles. The van der Waals surface area contributed by atoms with E-state index in [1.54, 1.807) is 6.07 Å². The minimum Gasteiger partial charge on any atom is -0.423 e. The van der Waals surface area contributed by atoms with E-state index in [4.69, 9.17) is 4.42 Å². The van der Waals surface area contributed by atoms with Gasteiger partial charge in [0.25, 0.3) is 0 Å². The fraction of sp³-hybridized carbons (Fsp3) is 0.500. The molecule has 4 heteroatoms. The third-order valence-electron chi connectivity index (χ3n) is 4.51. The largest absolute Gasteiger partial charge is 0.423 e. The Labute approximate surface area is 131 Å². The van der Waals surface area contributed by atoms with E-state index in [1.807, 2.05) is 6.07 Å². The molecule has 0 unspecified atom stereocenters. The van der Waals surface area contributed by atoms with Gasteiger partial charge >= 0.3 is 5.63 Å². The van der Waals surface area contributed by atoms with E-state index < -0.39 is 0 Å². The monoisotopic (exact) mass is 300 g/mol. The normalized spacial score (nSPS) is 17.7. The summed E-state index contributed by atoms with van der Waals surface area (Å²) >= 11 is 0. The van der Waals surface area contributed by atoms with Gasteiger partial charge in [0.1, 0.15) is 5.58 Å². The molecule has 0 saturated carbocycles. The van der Waals surface area contributed by atoms with Gasteiger partial charge in [-0.05, 0) is 50.2 Å². The number of nitrogens with zero attached hydrogens (tertiary/aromatic N) is 2. The molecule has 1 aliphatic rings. The maximum atomic E-state index is 11.9. The van der Waals surface area contributed by atoms with Gasteiger partial charge in [-0.3, -0.25) is 4.90 Å². The summed E-state index contributed by atoms with van der Waals surface area (Å²) in [4.78, 5) is 16.7. The molecule has 0 bridgehead atoms. The van der Waals surface area contributed by atoms with Crippen molar-refractivity contribution in [2.24, 2.45) is 0 Å². The van der Waals surface area contributed by atoms with Crippen LogP contribution in [0.15, 0.2) is 33.5 Å². The SMILES string of the molecule is CCc1ccc2c(CN3CCCN(C)CC3)cc(=O)oc2c1. The van der Waals surface area contributed by atoms with Crippen molar-refractivity contribution in [3.63, 3.8) is 0 Å². The quantitative estimate of drug-likeness (QED) is 0.816. The lowest BCUT2D eigenvalue weighted by molar-refractivity contribution is 0.269. The number of hydrogen-bond acceptors (Lipinski definition) is 4. The van der Waals surface area contributed by atoms with E-state index in [2.05, 4.69) is 35.9 Å². The van der Waals surface area contributed by atoms with Gasteiger partial charge in [-0.2, -0.15) is 0 Å². The fourth-order valence-corrected chi connectivity index (χ4v) is 3.12. The van der Waals surface area contributed by atoms with Gasteiger partial charge < -0.3 is 9.32 Å². The third kappa shape index (κ3) is 3.39. The third-order valence-corrected chi connectivity index (χ3v) is 4.51. The Morgan fingerprint density at radius 2 is 2.00 bits per heavy atom. The number of rotatable bonds is 3. The Bertz CT molecular complexity index is 708. The standard InChI is InChI=1S/C18H24N2O2/c1-3-14-5-6-16-15(12-18(21)22-17(16)11-14)13-20-8-4-7-19(2)9-10-20/h5-6,11-12H,3-4,7-10,13H2,1-2H3. The van der Waals surface area contributed by atoms with Crippen LogP contribution in [0.2, 0.25) is 0 Å². The highest BCUT2D eigenvalue weighted by Gasteiger charge is 2.14. The van der Waals surface area contributed by atoms with Crippen molar-refractivity contribution in [2.45, 2.75) is 26.3 Å². The molecule has 22 heavy (non-hydrogen) atoms. The lowest BCUT2D eigenvalue weighted by Gasteiger charge is -2.20. The lowest BCUT2D eigenvalue weighted by Crippen LogP contribution is -2.28. The van der Waals surface area contributed by atoms with Gasteiger partial charge in [0.15, 0.2) is 0 Å². The van der Waals surface area contributed by atoms with Crippen LogP contribution < -0.4 is 5.63 Å². The molecule has 0 N–H and O–H groups in total. The number of likely N-dealkylation sites (N-methyl/N-ethyl adjacent to an activating group) is 1. The second-order valence-corrected chi connectivity index (χ2v) is 6.21. The van der Waals surface area contributed by atoms with Crippen molar-refractivity contribution in [3.8, 4) is 0 Å². The summed E-state index contributed by atoms with van der Waals surface area (Å²) in [6, 6.07) is 7.87. The zero-order valence-electron chi connectivity index (χ0n) is 13.5. The minimum atomic E-state index is -0.248. The molecular formula is C18H24N2O2. The molecular weight excluding hydrogens is 276 g/mol. The first-order valence-corrected chi connectivity index (χ1v) is 8.12. The summed E-state index contributed by atoms with van der Waals surface area (Å²) in [5.74, 6) is 0. The Morgan fingerprint density at radius 1 is 1.14 bits per heavy atom. The first-order valence-electron chi connectivity index (χ1n) is 8.12. The van der Waals surface area contributed by atoms with Gasteiger partial charge in [0, 0.05) is 31.1 Å². The van der Waals surface area contributed by atoms with Crippen LogP contribution in [0.4, 0.5) is 0 Å². The Hall–Kier alpha value is -1.65. The maximum absolute atomic E-state index is 11.9. The minimum absolute atomic E-state index is 0.248. The van der Waals surface area contributed by atoms with Crippen LogP contribution in [0.3, 0.4) is 0 Å². The Morgan fingerprint density at radius 3 is 2.82 bits per heavy atom. The molecule has 2 aromatic rings. The molecule has 0 amide bonds. The zero-order valence-corrected chi connectivity index (χ0v) is 13.5. The van der Waals surface area contributed by atoms with Crippen LogP contribution in [0.5, 0.6) is 0 Å². The van der Waals surface area contributed by atoms with Crippen LogP contribution in [0.1, 0.15) is 24.5 Å². The summed E-state index contributed by atoms with van der Waals surface area (Å²) in [5.41, 5.74) is 2.75. The van der Waals surface area contributed by atoms with E-state index in [0.717, 1.165) is 50.1 Å². The first kappa shape index (κ1) is 15.3. The van der Waals surface area contributed by atoms with Crippen molar-refractivity contribution >= 4 is 11.0 Å². The topological polar surface area (TPSA) is 36.7 Å². The molecule has 1 aromatic carbocycles. The van der Waals surface area contributed by atoms with E-state index in [9.17, 15) is 4.79 Å². The zero-order chi connectivity index (χ0) is 15.5. The van der Waals surface area contributed by atoms with Crippen molar-refractivity contribution < 1.29 is 4.42 Å². The van der Waals surface area contributed by atoms with Crippen molar-refractivity contribution in [2.75, 3.05) is 33.2 Å². The second kappa shape index (κ2) is 6.63. The van der Waals surface area contributed by atoms with E-state index in [1.165, 1.54) is 12.0 Å². The average Bonchev–Trinajstić information content (AvgIpc) is 2.71. The molecule has 0 spiro atoms. The van der Waals surface area contributed by atoms with Gasteiger partial charge in [0.05, 0.1) is 0 Å². The van der Waals surface area contributed by atoms with Gasteiger partial charge in [-0.1, -0.05) is 19.1 Å². The highest BCUT2D eigenvalue weighted by molar-refractivity contribution is 5.80.